The first-order valence-corrected chi connectivity index (χ1v) is 7.63. The molecule has 0 saturated carbocycles. The van der Waals surface area contributed by atoms with Crippen LogP contribution in [0.5, 0.6) is 0 Å². The maximum Gasteiger partial charge on any atom is 0.255 e. The number of anilines is 1. The molecule has 0 atom stereocenters. The molecule has 1 aliphatic carbocycles. The number of ketones is 2. The number of rotatable bonds is 3. The number of nitrogens with one attached hydrogen (secondary N) is 1. The van der Waals surface area contributed by atoms with E-state index in [9.17, 15) is 14.4 Å². The Bertz CT molecular complexity index is 791. The van der Waals surface area contributed by atoms with Gasteiger partial charge in [0, 0.05) is 28.8 Å². The summed E-state index contributed by atoms with van der Waals surface area (Å²) in [6, 6.07) is 12.0. The van der Waals surface area contributed by atoms with E-state index in [1.165, 1.54) is 6.92 Å². The lowest BCUT2D eigenvalue weighted by Gasteiger charge is -2.16. The second-order valence-corrected chi connectivity index (χ2v) is 5.74. The van der Waals surface area contributed by atoms with Crippen LogP contribution < -0.4 is 5.32 Å². The predicted molar refractivity (Wildman–Crippen MR) is 88.1 cm³/mol. The van der Waals surface area contributed by atoms with Crippen molar-refractivity contribution in [2.75, 3.05) is 5.32 Å². The number of carbonyl (C=O) groups is 3. The highest BCUT2D eigenvalue weighted by Gasteiger charge is 2.18. The smallest absolute Gasteiger partial charge is 0.255 e. The number of hydrogen-bond donors (Lipinski definition) is 1. The van der Waals surface area contributed by atoms with E-state index in [0.29, 0.717) is 28.8 Å². The van der Waals surface area contributed by atoms with E-state index in [2.05, 4.69) is 5.32 Å². The van der Waals surface area contributed by atoms with Crippen LogP contribution in [0.2, 0.25) is 0 Å². The molecule has 0 fully saturated rings. The predicted octanol–water partition coefficient (Wildman–Crippen LogP) is 3.66. The maximum absolute atomic E-state index is 12.3. The second-order valence-electron chi connectivity index (χ2n) is 5.74. The van der Waals surface area contributed by atoms with Crippen molar-refractivity contribution in [1.82, 2.24) is 0 Å². The minimum Gasteiger partial charge on any atom is -0.322 e. The van der Waals surface area contributed by atoms with Crippen molar-refractivity contribution in [1.29, 1.82) is 0 Å². The van der Waals surface area contributed by atoms with Crippen LogP contribution in [0.25, 0.3) is 0 Å². The fourth-order valence-corrected chi connectivity index (χ4v) is 2.77. The van der Waals surface area contributed by atoms with E-state index in [4.69, 9.17) is 0 Å². The molecule has 1 aliphatic rings. The summed E-state index contributed by atoms with van der Waals surface area (Å²) in [6.07, 6.45) is 2.36. The molecule has 2 aromatic carbocycles. The second kappa shape index (κ2) is 6.16. The molecular formula is C19H17NO3. The van der Waals surface area contributed by atoms with E-state index >= 15 is 0 Å². The molecular weight excluding hydrogens is 290 g/mol. The molecule has 0 heterocycles. The van der Waals surface area contributed by atoms with Gasteiger partial charge in [0.25, 0.3) is 5.91 Å². The number of benzene rings is 2. The molecule has 0 bridgehead atoms. The van der Waals surface area contributed by atoms with Crippen LogP contribution in [0.4, 0.5) is 5.69 Å². The van der Waals surface area contributed by atoms with Gasteiger partial charge in [-0.2, -0.15) is 0 Å². The van der Waals surface area contributed by atoms with Gasteiger partial charge in [-0.15, -0.1) is 0 Å². The highest BCUT2D eigenvalue weighted by Crippen LogP contribution is 2.24. The molecule has 4 nitrogen and oxygen atoms in total. The van der Waals surface area contributed by atoms with Gasteiger partial charge in [-0.1, -0.05) is 18.2 Å². The van der Waals surface area contributed by atoms with Gasteiger partial charge in [0.05, 0.1) is 0 Å². The first-order valence-electron chi connectivity index (χ1n) is 7.63. The van der Waals surface area contributed by atoms with Gasteiger partial charge in [0.15, 0.2) is 11.6 Å². The number of Topliss-reactive ketones (excluding diaryl/α,β-unsaturated/α-hetero) is 2. The Kier molecular flexibility index (Phi) is 4.06. The lowest BCUT2D eigenvalue weighted by molar-refractivity contribution is 0.0969. The Morgan fingerprint density at radius 2 is 1.65 bits per heavy atom. The topological polar surface area (TPSA) is 63.2 Å². The molecule has 1 N–H and O–H groups in total. The summed E-state index contributed by atoms with van der Waals surface area (Å²) in [5.74, 6) is -0.165. The normalized spacial score (nSPS) is 13.3. The molecule has 0 spiro atoms. The van der Waals surface area contributed by atoms with Gasteiger partial charge in [-0.05, 0) is 49.6 Å². The van der Waals surface area contributed by atoms with Crippen molar-refractivity contribution in [2.45, 2.75) is 26.2 Å². The average Bonchev–Trinajstić information content (AvgIpc) is 2.55. The van der Waals surface area contributed by atoms with Gasteiger partial charge in [-0.25, -0.2) is 0 Å². The molecule has 0 saturated heterocycles. The third-order valence-corrected chi connectivity index (χ3v) is 4.07. The average molecular weight is 307 g/mol. The Labute approximate surface area is 134 Å². The molecule has 3 rings (SSSR count). The standard InChI is InChI=1S/C19H17NO3/c1-12(21)13-5-7-15(8-6-13)19(23)20-16-10-9-14-3-2-4-18(22)17(14)11-16/h5-11H,2-4H2,1H3,(H,20,23). The Balaban J connectivity index is 1.79. The lowest BCUT2D eigenvalue weighted by Crippen LogP contribution is -2.15. The van der Waals surface area contributed by atoms with Crippen LogP contribution in [-0.2, 0) is 6.42 Å². The lowest BCUT2D eigenvalue weighted by atomic mass is 9.90. The molecule has 2 aromatic rings. The number of fused-ring (bicyclic) bond motifs is 1. The van der Waals surface area contributed by atoms with Crippen molar-refractivity contribution >= 4 is 23.2 Å². The van der Waals surface area contributed by atoms with Crippen LogP contribution in [0.15, 0.2) is 42.5 Å². The third-order valence-electron chi connectivity index (χ3n) is 4.07. The van der Waals surface area contributed by atoms with E-state index in [1.807, 2.05) is 12.1 Å². The number of hydrogen-bond acceptors (Lipinski definition) is 3. The Morgan fingerprint density at radius 3 is 2.35 bits per heavy atom. The highest BCUT2D eigenvalue weighted by molar-refractivity contribution is 6.06. The van der Waals surface area contributed by atoms with Crippen molar-refractivity contribution in [2.24, 2.45) is 0 Å². The van der Waals surface area contributed by atoms with Gasteiger partial charge < -0.3 is 5.32 Å². The van der Waals surface area contributed by atoms with Crippen LogP contribution in [0.3, 0.4) is 0 Å². The van der Waals surface area contributed by atoms with E-state index in [1.54, 1.807) is 30.3 Å². The number of amides is 1. The zero-order chi connectivity index (χ0) is 16.4. The zero-order valence-corrected chi connectivity index (χ0v) is 12.9. The van der Waals surface area contributed by atoms with Crippen molar-refractivity contribution in [3.8, 4) is 0 Å². The third kappa shape index (κ3) is 3.21. The first kappa shape index (κ1) is 15.2. The van der Waals surface area contributed by atoms with Gasteiger partial charge in [0.2, 0.25) is 0 Å². The van der Waals surface area contributed by atoms with Crippen molar-refractivity contribution < 1.29 is 14.4 Å². The highest BCUT2D eigenvalue weighted by atomic mass is 16.1. The van der Waals surface area contributed by atoms with Crippen LogP contribution >= 0.6 is 0 Å². The molecule has 116 valence electrons. The van der Waals surface area contributed by atoms with Crippen LogP contribution in [-0.4, -0.2) is 17.5 Å². The monoisotopic (exact) mass is 307 g/mol. The SMILES string of the molecule is CC(=O)c1ccc(C(=O)Nc2ccc3c(c2)C(=O)CCC3)cc1. The maximum atomic E-state index is 12.3. The summed E-state index contributed by atoms with van der Waals surface area (Å²) in [5, 5.41) is 2.80. The summed E-state index contributed by atoms with van der Waals surface area (Å²) in [6.45, 7) is 1.49. The summed E-state index contributed by atoms with van der Waals surface area (Å²) in [7, 11) is 0. The molecule has 0 aliphatic heterocycles. The largest absolute Gasteiger partial charge is 0.322 e. The summed E-state index contributed by atoms with van der Waals surface area (Å²) in [4.78, 5) is 35.5. The zero-order valence-electron chi connectivity index (χ0n) is 12.9. The molecule has 23 heavy (non-hydrogen) atoms. The molecule has 1 amide bonds. The molecule has 4 heteroatoms. The number of aryl methyl sites for hydroxylation is 1. The Morgan fingerprint density at radius 1 is 0.957 bits per heavy atom. The Hall–Kier alpha value is -2.75. The van der Waals surface area contributed by atoms with Gasteiger partial charge in [-0.3, -0.25) is 14.4 Å². The number of carbonyl (C=O) groups excluding carboxylic acids is 3. The van der Waals surface area contributed by atoms with Crippen molar-refractivity contribution in [3.63, 3.8) is 0 Å². The summed E-state index contributed by atoms with van der Waals surface area (Å²) < 4.78 is 0. The molecule has 0 radical (unpaired) electrons. The minimum absolute atomic E-state index is 0.0369. The fraction of sp³-hybridized carbons (Fsp3) is 0.211. The summed E-state index contributed by atoms with van der Waals surface area (Å²) in [5.41, 5.74) is 3.41. The van der Waals surface area contributed by atoms with E-state index in [-0.39, 0.29) is 17.5 Å². The minimum atomic E-state index is -0.261. The van der Waals surface area contributed by atoms with E-state index in [0.717, 1.165) is 18.4 Å². The van der Waals surface area contributed by atoms with Crippen LogP contribution in [0, 0.1) is 0 Å². The summed E-state index contributed by atoms with van der Waals surface area (Å²) >= 11 is 0. The molecule has 0 unspecified atom stereocenters. The van der Waals surface area contributed by atoms with Gasteiger partial charge >= 0.3 is 0 Å². The quantitative estimate of drug-likeness (QED) is 0.880. The molecule has 0 aromatic heterocycles. The van der Waals surface area contributed by atoms with Crippen LogP contribution in [0.1, 0.15) is 56.4 Å². The fourth-order valence-electron chi connectivity index (χ4n) is 2.77. The van der Waals surface area contributed by atoms with Gasteiger partial charge in [0.1, 0.15) is 0 Å². The van der Waals surface area contributed by atoms with Crippen molar-refractivity contribution in [3.05, 3.63) is 64.7 Å². The van der Waals surface area contributed by atoms with E-state index < -0.39 is 0 Å². The first-order chi connectivity index (χ1) is 11.0.